The zero-order valence-electron chi connectivity index (χ0n) is 9.82. The number of aromatic nitrogens is 2. The van der Waals surface area contributed by atoms with Crippen LogP contribution in [-0.4, -0.2) is 27.5 Å². The van der Waals surface area contributed by atoms with E-state index in [2.05, 4.69) is 5.10 Å². The number of aliphatic carboxylic acids is 1. The Morgan fingerprint density at radius 1 is 1.28 bits per heavy atom. The van der Waals surface area contributed by atoms with Crippen molar-refractivity contribution in [2.24, 2.45) is 0 Å². The summed E-state index contributed by atoms with van der Waals surface area (Å²) in [4.78, 5) is 10.3. The molecule has 0 radical (unpaired) electrons. The fraction of sp³-hybridized carbons (Fsp3) is 0.231. The Labute approximate surface area is 105 Å². The quantitative estimate of drug-likeness (QED) is 0.793. The minimum atomic E-state index is -0.812. The second-order valence-electron chi connectivity index (χ2n) is 3.78. The van der Waals surface area contributed by atoms with Gasteiger partial charge in [-0.3, -0.25) is 4.79 Å². The van der Waals surface area contributed by atoms with E-state index in [0.717, 1.165) is 5.69 Å². The maximum absolute atomic E-state index is 10.3. The second kappa shape index (κ2) is 5.86. The lowest BCUT2D eigenvalue weighted by Crippen LogP contribution is -2.03. The molecule has 1 heterocycles. The highest BCUT2D eigenvalue weighted by Crippen LogP contribution is 2.11. The first kappa shape index (κ1) is 12.2. The summed E-state index contributed by atoms with van der Waals surface area (Å²) in [6.07, 6.45) is 2.40. The SMILES string of the molecule is O=C(O)CCCOc1ccn(-c2ccccc2)n1. The van der Waals surface area contributed by atoms with Crippen LogP contribution in [0.15, 0.2) is 42.6 Å². The number of ether oxygens (including phenoxy) is 1. The van der Waals surface area contributed by atoms with Gasteiger partial charge in [-0.05, 0) is 18.6 Å². The molecule has 0 saturated carbocycles. The van der Waals surface area contributed by atoms with Gasteiger partial charge in [0.2, 0.25) is 5.88 Å². The predicted octanol–water partition coefficient (Wildman–Crippen LogP) is 2.12. The number of rotatable bonds is 6. The minimum Gasteiger partial charge on any atom is -0.481 e. The molecule has 0 atom stereocenters. The van der Waals surface area contributed by atoms with Gasteiger partial charge in [0.05, 0.1) is 12.3 Å². The summed E-state index contributed by atoms with van der Waals surface area (Å²) in [6, 6.07) is 11.5. The second-order valence-corrected chi connectivity index (χ2v) is 3.78. The lowest BCUT2D eigenvalue weighted by atomic mass is 10.3. The normalized spacial score (nSPS) is 10.2. The van der Waals surface area contributed by atoms with Crippen molar-refractivity contribution in [1.82, 2.24) is 9.78 Å². The van der Waals surface area contributed by atoms with E-state index < -0.39 is 5.97 Å². The average molecular weight is 246 g/mol. The number of hydrogen-bond donors (Lipinski definition) is 1. The van der Waals surface area contributed by atoms with Gasteiger partial charge in [-0.25, -0.2) is 4.68 Å². The predicted molar refractivity (Wildman–Crippen MR) is 65.9 cm³/mol. The molecule has 18 heavy (non-hydrogen) atoms. The summed E-state index contributed by atoms with van der Waals surface area (Å²) in [5, 5.41) is 12.7. The Bertz CT molecular complexity index is 508. The molecule has 0 bridgehead atoms. The minimum absolute atomic E-state index is 0.111. The molecular formula is C13H14N2O3. The van der Waals surface area contributed by atoms with E-state index >= 15 is 0 Å². The molecule has 0 unspecified atom stereocenters. The van der Waals surface area contributed by atoms with Crippen LogP contribution in [0, 0.1) is 0 Å². The summed E-state index contributed by atoms with van der Waals surface area (Å²) in [5.74, 6) is -0.308. The van der Waals surface area contributed by atoms with Crippen LogP contribution in [-0.2, 0) is 4.79 Å². The summed E-state index contributed by atoms with van der Waals surface area (Å²) in [7, 11) is 0. The van der Waals surface area contributed by atoms with Crippen LogP contribution in [0.3, 0.4) is 0 Å². The summed E-state index contributed by atoms with van der Waals surface area (Å²) in [5.41, 5.74) is 0.956. The fourth-order valence-electron chi connectivity index (χ4n) is 1.51. The van der Waals surface area contributed by atoms with Crippen LogP contribution < -0.4 is 4.74 Å². The van der Waals surface area contributed by atoms with E-state index in [4.69, 9.17) is 9.84 Å². The van der Waals surface area contributed by atoms with E-state index in [0.29, 0.717) is 18.9 Å². The number of para-hydroxylation sites is 1. The van der Waals surface area contributed by atoms with Gasteiger partial charge in [0.1, 0.15) is 0 Å². The molecule has 5 heteroatoms. The Morgan fingerprint density at radius 2 is 2.06 bits per heavy atom. The van der Waals surface area contributed by atoms with Gasteiger partial charge in [0.25, 0.3) is 0 Å². The van der Waals surface area contributed by atoms with Crippen molar-refractivity contribution in [3.8, 4) is 11.6 Å². The Balaban J connectivity index is 1.89. The van der Waals surface area contributed by atoms with Crippen molar-refractivity contribution < 1.29 is 14.6 Å². The highest BCUT2D eigenvalue weighted by Gasteiger charge is 2.02. The molecule has 5 nitrogen and oxygen atoms in total. The van der Waals surface area contributed by atoms with E-state index in [1.165, 1.54) is 0 Å². The molecule has 2 rings (SSSR count). The monoisotopic (exact) mass is 246 g/mol. The summed E-state index contributed by atoms with van der Waals surface area (Å²) >= 11 is 0. The van der Waals surface area contributed by atoms with Gasteiger partial charge in [0.15, 0.2) is 0 Å². The first-order valence-electron chi connectivity index (χ1n) is 5.71. The number of hydrogen-bond acceptors (Lipinski definition) is 3. The number of nitrogens with zero attached hydrogens (tertiary/aromatic N) is 2. The maximum Gasteiger partial charge on any atom is 0.303 e. The highest BCUT2D eigenvalue weighted by atomic mass is 16.5. The van der Waals surface area contributed by atoms with Crippen molar-refractivity contribution in [1.29, 1.82) is 0 Å². The molecule has 0 fully saturated rings. The molecule has 0 aliphatic heterocycles. The van der Waals surface area contributed by atoms with Crippen molar-refractivity contribution >= 4 is 5.97 Å². The smallest absolute Gasteiger partial charge is 0.303 e. The third kappa shape index (κ3) is 3.35. The Hall–Kier alpha value is -2.30. The number of carboxylic acids is 1. The van der Waals surface area contributed by atoms with Gasteiger partial charge in [0, 0.05) is 18.7 Å². The van der Waals surface area contributed by atoms with Crippen molar-refractivity contribution in [2.45, 2.75) is 12.8 Å². The first-order valence-corrected chi connectivity index (χ1v) is 5.71. The highest BCUT2D eigenvalue weighted by molar-refractivity contribution is 5.66. The van der Waals surface area contributed by atoms with Crippen LogP contribution in [0.1, 0.15) is 12.8 Å². The largest absolute Gasteiger partial charge is 0.481 e. The van der Waals surface area contributed by atoms with Gasteiger partial charge in [-0.1, -0.05) is 18.2 Å². The molecule has 1 N–H and O–H groups in total. The van der Waals surface area contributed by atoms with Crippen LogP contribution in [0.25, 0.3) is 5.69 Å². The van der Waals surface area contributed by atoms with Gasteiger partial charge >= 0.3 is 5.97 Å². The third-order valence-corrected chi connectivity index (χ3v) is 2.37. The molecular weight excluding hydrogens is 232 g/mol. The lowest BCUT2D eigenvalue weighted by molar-refractivity contribution is -0.137. The van der Waals surface area contributed by atoms with E-state index in [-0.39, 0.29) is 6.42 Å². The number of carboxylic acid groups (broad SMARTS) is 1. The van der Waals surface area contributed by atoms with Gasteiger partial charge in [-0.15, -0.1) is 5.10 Å². The van der Waals surface area contributed by atoms with Crippen LogP contribution in [0.2, 0.25) is 0 Å². The molecule has 94 valence electrons. The molecule has 1 aromatic heterocycles. The summed E-state index contributed by atoms with van der Waals surface area (Å²) < 4.78 is 7.08. The molecule has 1 aromatic carbocycles. The Kier molecular flexibility index (Phi) is 3.96. The third-order valence-electron chi connectivity index (χ3n) is 2.37. The van der Waals surface area contributed by atoms with Crippen LogP contribution in [0.5, 0.6) is 5.88 Å². The van der Waals surface area contributed by atoms with Gasteiger partial charge < -0.3 is 9.84 Å². The molecule has 0 amide bonds. The van der Waals surface area contributed by atoms with Crippen molar-refractivity contribution in [3.63, 3.8) is 0 Å². The topological polar surface area (TPSA) is 64.3 Å². The standard InChI is InChI=1S/C13H14N2O3/c16-13(17)7-4-10-18-12-8-9-15(14-12)11-5-2-1-3-6-11/h1-3,5-6,8-9H,4,7,10H2,(H,16,17). The van der Waals surface area contributed by atoms with E-state index in [1.807, 2.05) is 36.5 Å². The van der Waals surface area contributed by atoms with Crippen LogP contribution >= 0.6 is 0 Å². The zero-order chi connectivity index (χ0) is 12.8. The molecule has 0 aliphatic rings. The summed E-state index contributed by atoms with van der Waals surface area (Å²) in [6.45, 7) is 0.359. The fourth-order valence-corrected chi connectivity index (χ4v) is 1.51. The molecule has 0 aliphatic carbocycles. The molecule has 2 aromatic rings. The van der Waals surface area contributed by atoms with E-state index in [9.17, 15) is 4.79 Å². The lowest BCUT2D eigenvalue weighted by Gasteiger charge is -2.01. The van der Waals surface area contributed by atoms with Crippen LogP contribution in [0.4, 0.5) is 0 Å². The molecule has 0 spiro atoms. The Morgan fingerprint density at radius 3 is 2.78 bits per heavy atom. The van der Waals surface area contributed by atoms with Crippen molar-refractivity contribution in [2.75, 3.05) is 6.61 Å². The first-order chi connectivity index (χ1) is 8.75. The maximum atomic E-state index is 10.3. The van der Waals surface area contributed by atoms with Gasteiger partial charge in [-0.2, -0.15) is 0 Å². The number of benzene rings is 1. The number of carbonyl (C=O) groups is 1. The van der Waals surface area contributed by atoms with E-state index in [1.54, 1.807) is 10.7 Å². The molecule has 0 saturated heterocycles. The van der Waals surface area contributed by atoms with Crippen molar-refractivity contribution in [3.05, 3.63) is 42.6 Å². The average Bonchev–Trinajstić information content (AvgIpc) is 2.84. The zero-order valence-corrected chi connectivity index (χ0v) is 9.82.